The van der Waals surface area contributed by atoms with Crippen molar-refractivity contribution in [3.63, 3.8) is 0 Å². The Morgan fingerprint density at radius 3 is 2.27 bits per heavy atom. The highest BCUT2D eigenvalue weighted by Crippen LogP contribution is 2.48. The first-order valence-electron chi connectivity index (χ1n) is 9.32. The number of para-hydroxylation sites is 1. The van der Waals surface area contributed by atoms with Gasteiger partial charge in [-0.25, -0.2) is 0 Å². The summed E-state index contributed by atoms with van der Waals surface area (Å²) in [6.45, 7) is 0. The highest BCUT2D eigenvalue weighted by atomic mass is 19.4. The van der Waals surface area contributed by atoms with Crippen molar-refractivity contribution >= 4 is 17.3 Å². The van der Waals surface area contributed by atoms with Gasteiger partial charge in [0.1, 0.15) is 0 Å². The van der Waals surface area contributed by atoms with Crippen LogP contribution in [0.1, 0.15) is 33.5 Å². The first-order chi connectivity index (χ1) is 14.4. The number of hydrogen-bond acceptors (Lipinski definition) is 3. The zero-order valence-corrected chi connectivity index (χ0v) is 15.6. The van der Waals surface area contributed by atoms with E-state index in [4.69, 9.17) is 4.84 Å². The van der Waals surface area contributed by atoms with Gasteiger partial charge in [-0.2, -0.15) is 13.2 Å². The minimum Gasteiger partial charge on any atom is -0.361 e. The van der Waals surface area contributed by atoms with E-state index in [1.165, 1.54) is 12.1 Å². The first-order valence-corrected chi connectivity index (χ1v) is 9.32. The molecule has 0 aromatic heterocycles. The molecule has 3 aromatic carbocycles. The van der Waals surface area contributed by atoms with Gasteiger partial charge in [-0.3, -0.25) is 9.69 Å². The van der Waals surface area contributed by atoms with Gasteiger partial charge in [-0.15, -0.1) is 0 Å². The third kappa shape index (κ3) is 2.69. The molecule has 30 heavy (non-hydrogen) atoms. The van der Waals surface area contributed by atoms with E-state index in [0.29, 0.717) is 28.1 Å². The summed E-state index contributed by atoms with van der Waals surface area (Å²) in [7, 11) is 0. The predicted molar refractivity (Wildman–Crippen MR) is 105 cm³/mol. The molecule has 1 spiro atoms. The number of benzene rings is 3. The fourth-order valence-electron chi connectivity index (χ4n) is 4.01. The van der Waals surface area contributed by atoms with Crippen molar-refractivity contribution < 1.29 is 22.8 Å². The van der Waals surface area contributed by atoms with Gasteiger partial charge in [0, 0.05) is 16.8 Å². The molecule has 4 nitrogen and oxygen atoms in total. The normalized spacial score (nSPS) is 20.3. The monoisotopic (exact) mass is 408 g/mol. The second-order valence-corrected chi connectivity index (χ2v) is 7.19. The number of hydrogen-bond donors (Lipinski definition) is 0. The largest absolute Gasteiger partial charge is 0.416 e. The lowest BCUT2D eigenvalue weighted by atomic mass is 9.93. The summed E-state index contributed by atoms with van der Waals surface area (Å²) in [5.74, 6) is -0.208. The zero-order chi connectivity index (χ0) is 20.9. The second kappa shape index (κ2) is 6.45. The molecule has 0 radical (unpaired) electrons. The topological polar surface area (TPSA) is 41.9 Å². The molecule has 2 aliphatic rings. The summed E-state index contributed by atoms with van der Waals surface area (Å²) in [6, 6.07) is 21.1. The Balaban J connectivity index is 1.55. The number of fused-ring (bicyclic) bond motifs is 2. The van der Waals surface area contributed by atoms with Crippen LogP contribution in [0.15, 0.2) is 84.0 Å². The molecular formula is C23H15F3N2O2. The highest BCUT2D eigenvalue weighted by molar-refractivity contribution is 6.13. The van der Waals surface area contributed by atoms with Gasteiger partial charge < -0.3 is 4.84 Å². The van der Waals surface area contributed by atoms with E-state index in [1.54, 1.807) is 17.0 Å². The standard InChI is InChI=1S/C23H15F3N2O2/c24-23(25,26)16-12-10-15(11-13-16)20-14-22(30-27-20)19-9-5-4-8-18(19)21(29)28(22)17-6-2-1-3-7-17/h1-13H,14H2. The van der Waals surface area contributed by atoms with Crippen molar-refractivity contribution in [1.29, 1.82) is 0 Å². The summed E-state index contributed by atoms with van der Waals surface area (Å²) in [6.07, 6.45) is -4.19. The molecule has 0 aliphatic carbocycles. The lowest BCUT2D eigenvalue weighted by Gasteiger charge is -2.33. The van der Waals surface area contributed by atoms with Crippen LogP contribution < -0.4 is 4.90 Å². The van der Waals surface area contributed by atoms with Crippen LogP contribution in [0.4, 0.5) is 18.9 Å². The van der Waals surface area contributed by atoms with Crippen LogP contribution in [-0.4, -0.2) is 11.6 Å². The lowest BCUT2D eigenvalue weighted by molar-refractivity contribution is -0.137. The maximum absolute atomic E-state index is 13.2. The molecule has 1 amide bonds. The SMILES string of the molecule is O=C1c2ccccc2C2(CC(c3ccc(C(F)(F)F)cc3)=NO2)N1c1ccccc1. The number of carbonyl (C=O) groups is 1. The van der Waals surface area contributed by atoms with E-state index < -0.39 is 17.5 Å². The average Bonchev–Trinajstić information content (AvgIpc) is 3.29. The molecule has 1 atom stereocenters. The van der Waals surface area contributed by atoms with Crippen molar-refractivity contribution in [2.45, 2.75) is 18.3 Å². The molecule has 0 saturated carbocycles. The molecule has 0 bridgehead atoms. The van der Waals surface area contributed by atoms with E-state index in [1.807, 2.05) is 42.5 Å². The summed E-state index contributed by atoms with van der Waals surface area (Å²) < 4.78 is 38.7. The van der Waals surface area contributed by atoms with E-state index in [2.05, 4.69) is 5.16 Å². The molecule has 5 rings (SSSR count). The average molecular weight is 408 g/mol. The molecule has 1 unspecified atom stereocenters. The highest BCUT2D eigenvalue weighted by Gasteiger charge is 2.56. The van der Waals surface area contributed by atoms with Gasteiger partial charge in [-0.05, 0) is 35.9 Å². The number of anilines is 1. The third-order valence-electron chi connectivity index (χ3n) is 5.42. The lowest BCUT2D eigenvalue weighted by Crippen LogP contribution is -2.44. The Bertz CT molecular complexity index is 1160. The summed E-state index contributed by atoms with van der Waals surface area (Å²) in [5.41, 5.74) is 0.955. The number of oxime groups is 1. The van der Waals surface area contributed by atoms with Crippen LogP contribution in [0.5, 0.6) is 0 Å². The molecule has 3 aromatic rings. The van der Waals surface area contributed by atoms with Crippen molar-refractivity contribution in [2.24, 2.45) is 5.16 Å². The fraction of sp³-hybridized carbons (Fsp3) is 0.130. The quantitative estimate of drug-likeness (QED) is 0.574. The molecule has 7 heteroatoms. The van der Waals surface area contributed by atoms with Gasteiger partial charge >= 0.3 is 6.18 Å². The van der Waals surface area contributed by atoms with Gasteiger partial charge in [0.15, 0.2) is 0 Å². The number of alkyl halides is 3. The molecule has 2 aliphatic heterocycles. The van der Waals surface area contributed by atoms with Crippen molar-refractivity contribution in [3.8, 4) is 0 Å². The van der Waals surface area contributed by atoms with E-state index in [9.17, 15) is 18.0 Å². The van der Waals surface area contributed by atoms with Crippen molar-refractivity contribution in [1.82, 2.24) is 0 Å². The van der Waals surface area contributed by atoms with Crippen molar-refractivity contribution in [3.05, 3.63) is 101 Å². The maximum Gasteiger partial charge on any atom is 0.416 e. The van der Waals surface area contributed by atoms with E-state index in [-0.39, 0.29) is 12.3 Å². The Hall–Kier alpha value is -3.61. The van der Waals surface area contributed by atoms with E-state index >= 15 is 0 Å². The van der Waals surface area contributed by atoms with Crippen LogP contribution in [0.25, 0.3) is 0 Å². The number of amides is 1. The number of halogens is 3. The van der Waals surface area contributed by atoms with Gasteiger partial charge in [0.2, 0.25) is 5.72 Å². The summed E-state index contributed by atoms with van der Waals surface area (Å²) >= 11 is 0. The van der Waals surface area contributed by atoms with Crippen LogP contribution >= 0.6 is 0 Å². The third-order valence-corrected chi connectivity index (χ3v) is 5.42. The number of nitrogens with zero attached hydrogens (tertiary/aromatic N) is 2. The molecule has 0 saturated heterocycles. The van der Waals surface area contributed by atoms with Crippen LogP contribution in [0, 0.1) is 0 Å². The number of rotatable bonds is 2. The van der Waals surface area contributed by atoms with Gasteiger partial charge in [-0.1, -0.05) is 53.7 Å². The Morgan fingerprint density at radius 1 is 0.900 bits per heavy atom. The van der Waals surface area contributed by atoms with Crippen LogP contribution in [-0.2, 0) is 16.7 Å². The van der Waals surface area contributed by atoms with Crippen molar-refractivity contribution in [2.75, 3.05) is 4.90 Å². The minimum absolute atomic E-state index is 0.208. The zero-order valence-electron chi connectivity index (χ0n) is 15.6. The Labute approximate surface area is 170 Å². The minimum atomic E-state index is -4.41. The Morgan fingerprint density at radius 2 is 1.57 bits per heavy atom. The van der Waals surface area contributed by atoms with E-state index in [0.717, 1.165) is 12.1 Å². The molecule has 0 N–H and O–H groups in total. The number of carbonyl (C=O) groups excluding carboxylic acids is 1. The Kier molecular flexibility index (Phi) is 3.96. The molecule has 150 valence electrons. The van der Waals surface area contributed by atoms with Gasteiger partial charge in [0.05, 0.1) is 17.7 Å². The molecular weight excluding hydrogens is 393 g/mol. The molecule has 0 fully saturated rings. The predicted octanol–water partition coefficient (Wildman–Crippen LogP) is 5.34. The first kappa shape index (κ1) is 18.4. The smallest absolute Gasteiger partial charge is 0.361 e. The second-order valence-electron chi connectivity index (χ2n) is 7.19. The van der Waals surface area contributed by atoms with Gasteiger partial charge in [0.25, 0.3) is 5.91 Å². The fourth-order valence-corrected chi connectivity index (χ4v) is 4.01. The summed E-state index contributed by atoms with van der Waals surface area (Å²) in [4.78, 5) is 20.7. The molecule has 2 heterocycles. The van der Waals surface area contributed by atoms with Crippen LogP contribution in [0.3, 0.4) is 0 Å². The summed E-state index contributed by atoms with van der Waals surface area (Å²) in [5, 5.41) is 4.18. The maximum atomic E-state index is 13.2. The van der Waals surface area contributed by atoms with Crippen LogP contribution in [0.2, 0.25) is 0 Å².